The normalized spacial score (nSPS) is 23.9. The molecular weight excluding hydrogens is 188 g/mol. The highest BCUT2D eigenvalue weighted by atomic mass is 16.6. The molecule has 1 heterocycles. The van der Waals surface area contributed by atoms with E-state index < -0.39 is 5.60 Å². The molecule has 0 unspecified atom stereocenters. The molecule has 0 fully saturated rings. The van der Waals surface area contributed by atoms with E-state index in [-0.39, 0.29) is 5.97 Å². The molecule has 0 radical (unpaired) electrons. The Bertz CT molecular complexity index is 434. The first-order valence-electron chi connectivity index (χ1n) is 5.33. The summed E-state index contributed by atoms with van der Waals surface area (Å²) in [5.74, 6) is -0.183. The zero-order valence-electron chi connectivity index (χ0n) is 9.68. The molecule has 1 aromatic rings. The van der Waals surface area contributed by atoms with Crippen molar-refractivity contribution in [3.63, 3.8) is 0 Å². The van der Waals surface area contributed by atoms with Crippen molar-refractivity contribution in [2.45, 2.75) is 39.7 Å². The van der Waals surface area contributed by atoms with E-state index in [2.05, 4.69) is 13.0 Å². The number of carbonyl (C=O) groups excluding carboxylic acids is 1. The molecule has 2 rings (SSSR count). The maximum Gasteiger partial charge on any atom is 0.339 e. The van der Waals surface area contributed by atoms with Gasteiger partial charge in [0.15, 0.2) is 0 Å². The van der Waals surface area contributed by atoms with E-state index in [0.29, 0.717) is 0 Å². The van der Waals surface area contributed by atoms with Crippen LogP contribution in [0.2, 0.25) is 0 Å². The number of hydrogen-bond donors (Lipinski definition) is 0. The van der Waals surface area contributed by atoms with Crippen LogP contribution in [0, 0.1) is 13.8 Å². The standard InChI is InChI=1S/C13H16O2/c1-5-13(4)11-7-9(3)8(2)6-10(11)12(14)15-13/h6-7H,5H2,1-4H3/t13-/m1/s1. The van der Waals surface area contributed by atoms with E-state index in [1.54, 1.807) is 0 Å². The van der Waals surface area contributed by atoms with Crippen molar-refractivity contribution in [2.24, 2.45) is 0 Å². The van der Waals surface area contributed by atoms with Gasteiger partial charge in [0.05, 0.1) is 5.56 Å². The number of rotatable bonds is 1. The molecule has 0 aliphatic carbocycles. The first-order chi connectivity index (χ1) is 6.98. The monoisotopic (exact) mass is 204 g/mol. The zero-order valence-corrected chi connectivity index (χ0v) is 9.68. The van der Waals surface area contributed by atoms with E-state index in [1.165, 1.54) is 5.56 Å². The third-order valence-corrected chi connectivity index (χ3v) is 3.42. The lowest BCUT2D eigenvalue weighted by Gasteiger charge is -2.22. The quantitative estimate of drug-likeness (QED) is 0.657. The van der Waals surface area contributed by atoms with Crippen LogP contribution in [0.25, 0.3) is 0 Å². The van der Waals surface area contributed by atoms with Crippen molar-refractivity contribution in [2.75, 3.05) is 0 Å². The second-order valence-corrected chi connectivity index (χ2v) is 4.46. The molecule has 1 aliphatic heterocycles. The summed E-state index contributed by atoms with van der Waals surface area (Å²) in [6.07, 6.45) is 0.814. The fourth-order valence-electron chi connectivity index (χ4n) is 2.00. The van der Waals surface area contributed by atoms with E-state index in [0.717, 1.165) is 23.1 Å². The first-order valence-corrected chi connectivity index (χ1v) is 5.33. The van der Waals surface area contributed by atoms with E-state index in [1.807, 2.05) is 26.8 Å². The van der Waals surface area contributed by atoms with Crippen molar-refractivity contribution in [1.29, 1.82) is 0 Å². The van der Waals surface area contributed by atoms with Gasteiger partial charge in [0.25, 0.3) is 0 Å². The number of carbonyl (C=O) groups is 1. The maximum absolute atomic E-state index is 11.7. The molecule has 1 atom stereocenters. The van der Waals surface area contributed by atoms with E-state index in [9.17, 15) is 4.79 Å². The van der Waals surface area contributed by atoms with Crippen molar-refractivity contribution in [1.82, 2.24) is 0 Å². The fraction of sp³-hybridized carbons (Fsp3) is 0.462. The molecule has 0 N–H and O–H groups in total. The van der Waals surface area contributed by atoms with Crippen LogP contribution in [0.1, 0.15) is 47.3 Å². The number of fused-ring (bicyclic) bond motifs is 1. The van der Waals surface area contributed by atoms with Crippen LogP contribution >= 0.6 is 0 Å². The van der Waals surface area contributed by atoms with Crippen molar-refractivity contribution in [3.05, 3.63) is 34.4 Å². The summed E-state index contributed by atoms with van der Waals surface area (Å²) in [7, 11) is 0. The smallest absolute Gasteiger partial charge is 0.339 e. The van der Waals surface area contributed by atoms with Gasteiger partial charge in [0.1, 0.15) is 5.60 Å². The lowest BCUT2D eigenvalue weighted by molar-refractivity contribution is -0.000786. The number of cyclic esters (lactones) is 1. The Morgan fingerprint density at radius 1 is 1.27 bits per heavy atom. The van der Waals surface area contributed by atoms with Crippen molar-refractivity contribution in [3.8, 4) is 0 Å². The zero-order chi connectivity index (χ0) is 11.2. The van der Waals surface area contributed by atoms with Gasteiger partial charge in [-0.1, -0.05) is 13.0 Å². The van der Waals surface area contributed by atoms with Crippen LogP contribution in [0.3, 0.4) is 0 Å². The number of hydrogen-bond acceptors (Lipinski definition) is 2. The predicted octanol–water partition coefficient (Wildman–Crippen LogP) is 3.10. The largest absolute Gasteiger partial charge is 0.451 e. The minimum Gasteiger partial charge on any atom is -0.451 e. The Balaban J connectivity index is 2.66. The molecule has 1 aliphatic rings. The van der Waals surface area contributed by atoms with Crippen LogP contribution in [0.4, 0.5) is 0 Å². The van der Waals surface area contributed by atoms with Gasteiger partial charge < -0.3 is 4.74 Å². The van der Waals surface area contributed by atoms with Gasteiger partial charge in [0.2, 0.25) is 0 Å². The Labute approximate surface area is 90.3 Å². The van der Waals surface area contributed by atoms with Crippen LogP contribution in [0.5, 0.6) is 0 Å². The van der Waals surface area contributed by atoms with Gasteiger partial charge in [0, 0.05) is 5.56 Å². The van der Waals surface area contributed by atoms with Gasteiger partial charge in [-0.3, -0.25) is 0 Å². The Kier molecular flexibility index (Phi) is 2.10. The average molecular weight is 204 g/mol. The molecule has 2 nitrogen and oxygen atoms in total. The molecule has 0 amide bonds. The lowest BCUT2D eigenvalue weighted by atomic mass is 9.89. The summed E-state index contributed by atoms with van der Waals surface area (Å²) in [5, 5.41) is 0. The second kappa shape index (κ2) is 3.09. The van der Waals surface area contributed by atoms with Crippen molar-refractivity contribution < 1.29 is 9.53 Å². The van der Waals surface area contributed by atoms with Crippen LogP contribution in [0.15, 0.2) is 12.1 Å². The molecule has 0 saturated carbocycles. The van der Waals surface area contributed by atoms with Crippen LogP contribution in [-0.2, 0) is 10.3 Å². The summed E-state index contributed by atoms with van der Waals surface area (Å²) in [6.45, 7) is 8.10. The van der Waals surface area contributed by atoms with Crippen molar-refractivity contribution >= 4 is 5.97 Å². The second-order valence-electron chi connectivity index (χ2n) is 4.46. The third-order valence-electron chi connectivity index (χ3n) is 3.42. The molecular formula is C13H16O2. The summed E-state index contributed by atoms with van der Waals surface area (Å²) in [6, 6.07) is 4.02. The molecule has 0 bridgehead atoms. The Morgan fingerprint density at radius 2 is 1.87 bits per heavy atom. The fourth-order valence-corrected chi connectivity index (χ4v) is 2.00. The van der Waals surface area contributed by atoms with Crippen LogP contribution in [-0.4, -0.2) is 5.97 Å². The van der Waals surface area contributed by atoms with Gasteiger partial charge in [-0.25, -0.2) is 4.79 Å². The predicted molar refractivity (Wildman–Crippen MR) is 59.0 cm³/mol. The number of esters is 1. The minimum atomic E-state index is -0.426. The summed E-state index contributed by atoms with van der Waals surface area (Å²) < 4.78 is 5.44. The van der Waals surface area contributed by atoms with Gasteiger partial charge >= 0.3 is 5.97 Å². The highest BCUT2D eigenvalue weighted by Crippen LogP contribution is 2.39. The molecule has 15 heavy (non-hydrogen) atoms. The summed E-state index contributed by atoms with van der Waals surface area (Å²) >= 11 is 0. The highest BCUT2D eigenvalue weighted by molar-refractivity contribution is 5.95. The first kappa shape index (κ1) is 10.2. The lowest BCUT2D eigenvalue weighted by Crippen LogP contribution is -2.20. The van der Waals surface area contributed by atoms with Gasteiger partial charge in [-0.15, -0.1) is 0 Å². The third kappa shape index (κ3) is 1.36. The average Bonchev–Trinajstić information content (AvgIpc) is 2.42. The molecule has 80 valence electrons. The van der Waals surface area contributed by atoms with E-state index in [4.69, 9.17) is 4.74 Å². The van der Waals surface area contributed by atoms with Gasteiger partial charge in [-0.2, -0.15) is 0 Å². The topological polar surface area (TPSA) is 26.3 Å². The number of benzene rings is 1. The summed E-state index contributed by atoms with van der Waals surface area (Å²) in [5.41, 5.74) is 3.71. The number of ether oxygens (including phenoxy) is 1. The number of aryl methyl sites for hydroxylation is 2. The Hall–Kier alpha value is -1.31. The molecule has 1 aromatic carbocycles. The Morgan fingerprint density at radius 3 is 2.47 bits per heavy atom. The molecule has 2 heteroatoms. The summed E-state index contributed by atoms with van der Waals surface area (Å²) in [4.78, 5) is 11.7. The molecule has 0 spiro atoms. The highest BCUT2D eigenvalue weighted by Gasteiger charge is 2.40. The maximum atomic E-state index is 11.7. The molecule has 0 saturated heterocycles. The molecule has 0 aromatic heterocycles. The SMILES string of the molecule is CC[C@@]1(C)OC(=O)c2cc(C)c(C)cc21. The van der Waals surface area contributed by atoms with Gasteiger partial charge in [-0.05, 0) is 44.4 Å². The minimum absolute atomic E-state index is 0.183. The van der Waals surface area contributed by atoms with Crippen LogP contribution < -0.4 is 0 Å². The van der Waals surface area contributed by atoms with E-state index >= 15 is 0 Å².